The molecule has 2 aromatic heterocycles. The fraction of sp³-hybridized carbons (Fsp3) is 0.182. The van der Waals surface area contributed by atoms with Crippen LogP contribution in [-0.2, 0) is 11.3 Å². The molecular weight excluding hydrogens is 441 g/mol. The fourth-order valence-corrected chi connectivity index (χ4v) is 3.11. The second kappa shape index (κ2) is 8.77. The molecule has 0 bridgehead atoms. The Morgan fingerprint density at radius 2 is 1.88 bits per heavy atom. The number of aryl methyl sites for hydroxylation is 1. The van der Waals surface area contributed by atoms with Gasteiger partial charge >= 0.3 is 12.3 Å². The molecule has 0 saturated carbocycles. The van der Waals surface area contributed by atoms with Crippen LogP contribution in [0.2, 0.25) is 0 Å². The summed E-state index contributed by atoms with van der Waals surface area (Å²) in [6, 6.07) is 13.9. The minimum Gasteiger partial charge on any atom is -0.465 e. The number of carbonyl (C=O) groups excluding carboxylic acids is 1. The number of rotatable bonds is 6. The van der Waals surface area contributed by atoms with E-state index in [1.807, 2.05) is 13.0 Å². The van der Waals surface area contributed by atoms with Crippen molar-refractivity contribution < 1.29 is 32.0 Å². The van der Waals surface area contributed by atoms with E-state index in [0.29, 0.717) is 23.4 Å². The molecule has 0 aliphatic rings. The Morgan fingerprint density at radius 1 is 1.12 bits per heavy atom. The SMILES string of the molecule is COC(=O)c1cccc(Cn2nc(-c3nc(-c4ccc(OC(F)(F)F)cc4)no3)cc2C)c1. The van der Waals surface area contributed by atoms with Gasteiger partial charge in [0.05, 0.1) is 19.2 Å². The van der Waals surface area contributed by atoms with Crippen molar-refractivity contribution in [3.63, 3.8) is 0 Å². The third-order valence-corrected chi connectivity index (χ3v) is 4.65. The van der Waals surface area contributed by atoms with Gasteiger partial charge in [0.25, 0.3) is 5.89 Å². The molecule has 2 aromatic carbocycles. The zero-order valence-electron chi connectivity index (χ0n) is 17.5. The Labute approximate surface area is 185 Å². The summed E-state index contributed by atoms with van der Waals surface area (Å²) in [5.41, 5.74) is 3.00. The highest BCUT2D eigenvalue weighted by Crippen LogP contribution is 2.27. The number of aromatic nitrogens is 4. The number of hydrogen-bond donors (Lipinski definition) is 0. The van der Waals surface area contributed by atoms with Gasteiger partial charge in [-0.05, 0) is 55.0 Å². The number of methoxy groups -OCH3 is 1. The van der Waals surface area contributed by atoms with Crippen molar-refractivity contribution in [2.24, 2.45) is 0 Å². The van der Waals surface area contributed by atoms with Gasteiger partial charge in [-0.25, -0.2) is 4.79 Å². The smallest absolute Gasteiger partial charge is 0.465 e. The van der Waals surface area contributed by atoms with Crippen molar-refractivity contribution in [2.75, 3.05) is 7.11 Å². The number of hydrogen-bond acceptors (Lipinski definition) is 7. The molecule has 33 heavy (non-hydrogen) atoms. The van der Waals surface area contributed by atoms with Crippen molar-refractivity contribution >= 4 is 5.97 Å². The monoisotopic (exact) mass is 458 g/mol. The van der Waals surface area contributed by atoms with Gasteiger partial charge in [-0.1, -0.05) is 17.3 Å². The van der Waals surface area contributed by atoms with E-state index in [-0.39, 0.29) is 17.5 Å². The van der Waals surface area contributed by atoms with Gasteiger partial charge < -0.3 is 14.0 Å². The zero-order chi connectivity index (χ0) is 23.6. The average Bonchev–Trinajstić information content (AvgIpc) is 3.40. The molecule has 0 radical (unpaired) electrons. The van der Waals surface area contributed by atoms with Gasteiger partial charge in [-0.3, -0.25) is 4.68 Å². The summed E-state index contributed by atoms with van der Waals surface area (Å²) in [4.78, 5) is 16.0. The lowest BCUT2D eigenvalue weighted by Gasteiger charge is -2.08. The minimum atomic E-state index is -4.77. The third kappa shape index (κ3) is 5.20. The molecule has 0 amide bonds. The molecule has 8 nitrogen and oxygen atoms in total. The molecule has 2 heterocycles. The maximum atomic E-state index is 12.3. The molecule has 0 spiro atoms. The first kappa shape index (κ1) is 22.1. The Morgan fingerprint density at radius 3 is 2.58 bits per heavy atom. The molecule has 0 saturated heterocycles. The third-order valence-electron chi connectivity index (χ3n) is 4.65. The zero-order valence-corrected chi connectivity index (χ0v) is 17.5. The molecule has 0 atom stereocenters. The predicted octanol–water partition coefficient (Wildman–Crippen LogP) is 4.64. The molecule has 170 valence electrons. The molecular formula is C22H17F3N4O4. The summed E-state index contributed by atoms with van der Waals surface area (Å²) in [6.45, 7) is 2.26. The van der Waals surface area contributed by atoms with Crippen molar-refractivity contribution in [1.82, 2.24) is 19.9 Å². The number of benzene rings is 2. The molecule has 11 heteroatoms. The number of ether oxygens (including phenoxy) is 2. The van der Waals surface area contributed by atoms with Crippen molar-refractivity contribution in [1.29, 1.82) is 0 Å². The van der Waals surface area contributed by atoms with Gasteiger partial charge in [-0.2, -0.15) is 10.1 Å². The number of nitrogens with zero attached hydrogens (tertiary/aromatic N) is 4. The second-order valence-corrected chi connectivity index (χ2v) is 7.02. The number of halogens is 3. The van der Waals surface area contributed by atoms with Crippen LogP contribution in [0.3, 0.4) is 0 Å². The number of alkyl halides is 3. The van der Waals surface area contributed by atoms with Crippen LogP contribution >= 0.6 is 0 Å². The summed E-state index contributed by atoms with van der Waals surface area (Å²) in [7, 11) is 1.32. The second-order valence-electron chi connectivity index (χ2n) is 7.02. The van der Waals surface area contributed by atoms with E-state index in [1.54, 1.807) is 28.9 Å². The summed E-state index contributed by atoms with van der Waals surface area (Å²) < 4.78 is 52.5. The highest BCUT2D eigenvalue weighted by atomic mass is 19.4. The van der Waals surface area contributed by atoms with Crippen LogP contribution in [0.4, 0.5) is 13.2 Å². The van der Waals surface area contributed by atoms with Crippen molar-refractivity contribution in [3.8, 4) is 28.7 Å². The van der Waals surface area contributed by atoms with E-state index in [1.165, 1.54) is 31.4 Å². The Bertz CT molecular complexity index is 1280. The van der Waals surface area contributed by atoms with Crippen LogP contribution < -0.4 is 4.74 Å². The number of carbonyl (C=O) groups is 1. The van der Waals surface area contributed by atoms with Gasteiger partial charge in [0.1, 0.15) is 5.75 Å². The van der Waals surface area contributed by atoms with Gasteiger partial charge in [-0.15, -0.1) is 13.2 Å². The van der Waals surface area contributed by atoms with Gasteiger partial charge in [0.15, 0.2) is 5.69 Å². The lowest BCUT2D eigenvalue weighted by atomic mass is 10.1. The lowest BCUT2D eigenvalue weighted by Crippen LogP contribution is -2.16. The number of esters is 1. The first-order valence-corrected chi connectivity index (χ1v) is 9.64. The van der Waals surface area contributed by atoms with Crippen LogP contribution in [-0.4, -0.2) is 39.4 Å². The molecule has 0 unspecified atom stereocenters. The maximum Gasteiger partial charge on any atom is 0.573 e. The normalized spacial score (nSPS) is 11.4. The molecule has 0 aliphatic heterocycles. The molecule has 0 fully saturated rings. The van der Waals surface area contributed by atoms with Crippen LogP contribution in [0.5, 0.6) is 5.75 Å². The summed E-state index contributed by atoms with van der Waals surface area (Å²) >= 11 is 0. The fourth-order valence-electron chi connectivity index (χ4n) is 3.11. The largest absolute Gasteiger partial charge is 0.573 e. The molecule has 0 N–H and O–H groups in total. The van der Waals surface area contributed by atoms with Crippen LogP contribution in [0.1, 0.15) is 21.6 Å². The molecule has 0 aliphatic carbocycles. The van der Waals surface area contributed by atoms with Crippen LogP contribution in [0.15, 0.2) is 59.1 Å². The van der Waals surface area contributed by atoms with E-state index >= 15 is 0 Å². The molecule has 4 rings (SSSR count). The first-order valence-electron chi connectivity index (χ1n) is 9.64. The lowest BCUT2D eigenvalue weighted by molar-refractivity contribution is -0.274. The summed E-state index contributed by atoms with van der Waals surface area (Å²) in [5, 5.41) is 8.37. The highest BCUT2D eigenvalue weighted by molar-refractivity contribution is 5.89. The van der Waals surface area contributed by atoms with Gasteiger partial charge in [0, 0.05) is 11.3 Å². The van der Waals surface area contributed by atoms with Crippen LogP contribution in [0.25, 0.3) is 23.0 Å². The van der Waals surface area contributed by atoms with Gasteiger partial charge in [0.2, 0.25) is 5.82 Å². The standard InChI is InChI=1S/C22H17F3N4O4/c1-13-10-18(27-29(13)12-14-4-3-5-16(11-14)21(30)31-2)20-26-19(28-33-20)15-6-8-17(9-7-15)32-22(23,24)25/h3-11H,12H2,1-2H3. The van der Waals surface area contributed by atoms with E-state index in [0.717, 1.165) is 11.3 Å². The maximum absolute atomic E-state index is 12.3. The van der Waals surface area contributed by atoms with E-state index in [4.69, 9.17) is 9.26 Å². The Balaban J connectivity index is 1.52. The predicted molar refractivity (Wildman–Crippen MR) is 109 cm³/mol. The highest BCUT2D eigenvalue weighted by Gasteiger charge is 2.31. The summed E-state index contributed by atoms with van der Waals surface area (Å²) in [5.74, 6) is -0.418. The van der Waals surface area contributed by atoms with Crippen molar-refractivity contribution in [3.05, 3.63) is 71.4 Å². The average molecular weight is 458 g/mol. The van der Waals surface area contributed by atoms with E-state index in [9.17, 15) is 18.0 Å². The first-order chi connectivity index (χ1) is 15.7. The van der Waals surface area contributed by atoms with Crippen molar-refractivity contribution in [2.45, 2.75) is 19.8 Å². The topological polar surface area (TPSA) is 92.3 Å². The van der Waals surface area contributed by atoms with E-state index in [2.05, 4.69) is 20.0 Å². The minimum absolute atomic E-state index is 0.158. The van der Waals surface area contributed by atoms with Crippen LogP contribution in [0, 0.1) is 6.92 Å². The quantitative estimate of drug-likeness (QED) is 0.389. The molecule has 4 aromatic rings. The van der Waals surface area contributed by atoms with E-state index < -0.39 is 12.3 Å². The Kier molecular flexibility index (Phi) is 5.86. The Hall–Kier alpha value is -4.15. The summed E-state index contributed by atoms with van der Waals surface area (Å²) in [6.07, 6.45) is -4.77.